The maximum absolute atomic E-state index is 5.66. The van der Waals surface area contributed by atoms with Gasteiger partial charge in [0.2, 0.25) is 6.29 Å². The first-order valence-electron chi connectivity index (χ1n) is 5.27. The van der Waals surface area contributed by atoms with Crippen molar-refractivity contribution < 1.29 is 13.9 Å². The Balaban J connectivity index is 1.82. The molecule has 0 amide bonds. The minimum absolute atomic E-state index is 0.401. The molecule has 2 aromatic rings. The lowest BCUT2D eigenvalue weighted by Crippen LogP contribution is -2.03. The molecule has 0 radical (unpaired) electrons. The second kappa shape index (κ2) is 4.12. The monoisotopic (exact) mass is 216 g/mol. The lowest BCUT2D eigenvalue weighted by Gasteiger charge is -2.11. The van der Waals surface area contributed by atoms with Crippen LogP contribution in [-0.2, 0) is 22.7 Å². The Hall–Kier alpha value is -1.58. The van der Waals surface area contributed by atoms with Crippen LogP contribution in [0.5, 0.6) is 0 Å². The number of rotatable bonds is 1. The third kappa shape index (κ3) is 1.75. The Bertz CT molecular complexity index is 435. The molecule has 3 rings (SSSR count). The van der Waals surface area contributed by atoms with E-state index in [9.17, 15) is 0 Å². The summed E-state index contributed by atoms with van der Waals surface area (Å²) in [5.74, 6) is 0.716. The first-order chi connectivity index (χ1) is 7.93. The fourth-order valence-corrected chi connectivity index (χ4v) is 1.81. The van der Waals surface area contributed by atoms with Gasteiger partial charge in [-0.05, 0) is 23.3 Å². The van der Waals surface area contributed by atoms with E-state index in [4.69, 9.17) is 13.9 Å². The minimum Gasteiger partial charge on any atom is -0.464 e. The van der Waals surface area contributed by atoms with Crippen molar-refractivity contribution in [1.82, 2.24) is 0 Å². The van der Waals surface area contributed by atoms with E-state index in [0.29, 0.717) is 19.0 Å². The molecule has 82 valence electrons. The van der Waals surface area contributed by atoms with Crippen molar-refractivity contribution in [2.75, 3.05) is 0 Å². The first-order valence-corrected chi connectivity index (χ1v) is 5.27. The van der Waals surface area contributed by atoms with Crippen molar-refractivity contribution in [3.8, 4) is 0 Å². The van der Waals surface area contributed by atoms with Gasteiger partial charge in [0, 0.05) is 0 Å². The highest BCUT2D eigenvalue weighted by atomic mass is 16.7. The van der Waals surface area contributed by atoms with Crippen LogP contribution in [0.3, 0.4) is 0 Å². The van der Waals surface area contributed by atoms with Crippen molar-refractivity contribution in [3.63, 3.8) is 0 Å². The zero-order chi connectivity index (χ0) is 10.8. The molecule has 1 aromatic heterocycles. The number of benzene rings is 1. The molecule has 1 aliphatic rings. The molecule has 0 atom stereocenters. The topological polar surface area (TPSA) is 31.6 Å². The van der Waals surface area contributed by atoms with Crippen LogP contribution in [0.1, 0.15) is 23.2 Å². The van der Waals surface area contributed by atoms with Crippen LogP contribution in [0.15, 0.2) is 47.1 Å². The van der Waals surface area contributed by atoms with Crippen molar-refractivity contribution in [2.24, 2.45) is 0 Å². The molecule has 0 bridgehead atoms. The molecule has 0 fully saturated rings. The number of furan rings is 1. The molecule has 0 saturated carbocycles. The molecule has 3 nitrogen and oxygen atoms in total. The average Bonchev–Trinajstić information content (AvgIpc) is 2.76. The Morgan fingerprint density at radius 1 is 0.875 bits per heavy atom. The van der Waals surface area contributed by atoms with Crippen molar-refractivity contribution in [2.45, 2.75) is 19.5 Å². The summed E-state index contributed by atoms with van der Waals surface area (Å²) in [7, 11) is 0. The molecule has 3 heteroatoms. The average molecular weight is 216 g/mol. The minimum atomic E-state index is -0.401. The Morgan fingerprint density at radius 3 is 2.12 bits per heavy atom. The van der Waals surface area contributed by atoms with Crippen molar-refractivity contribution >= 4 is 0 Å². The molecule has 0 spiro atoms. The molecule has 0 unspecified atom stereocenters. The van der Waals surface area contributed by atoms with Crippen molar-refractivity contribution in [1.29, 1.82) is 0 Å². The molecule has 0 saturated heterocycles. The standard InChI is InChI=1S/C13H12O3/c1-2-5-11-9-16-13(12-6-3-7-14-12)15-8-10(11)4-1/h1-7,13H,8-9H2. The number of hydrogen-bond acceptors (Lipinski definition) is 3. The van der Waals surface area contributed by atoms with E-state index in [2.05, 4.69) is 12.1 Å². The van der Waals surface area contributed by atoms with Crippen LogP contribution >= 0.6 is 0 Å². The predicted molar refractivity (Wildman–Crippen MR) is 57.5 cm³/mol. The summed E-state index contributed by atoms with van der Waals surface area (Å²) in [6.07, 6.45) is 1.22. The van der Waals surface area contributed by atoms with Gasteiger partial charge >= 0.3 is 0 Å². The van der Waals surface area contributed by atoms with Crippen LogP contribution in [0.4, 0.5) is 0 Å². The van der Waals surface area contributed by atoms with Gasteiger partial charge in [-0.15, -0.1) is 0 Å². The summed E-state index contributed by atoms with van der Waals surface area (Å²) in [4.78, 5) is 0. The third-order valence-corrected chi connectivity index (χ3v) is 2.67. The molecule has 0 N–H and O–H groups in total. The van der Waals surface area contributed by atoms with Crippen LogP contribution in [0.25, 0.3) is 0 Å². The molecule has 1 aliphatic heterocycles. The fraction of sp³-hybridized carbons (Fsp3) is 0.231. The van der Waals surface area contributed by atoms with Gasteiger partial charge in [-0.3, -0.25) is 0 Å². The van der Waals surface area contributed by atoms with Crippen LogP contribution in [0.2, 0.25) is 0 Å². The summed E-state index contributed by atoms with van der Waals surface area (Å²) in [5, 5.41) is 0. The largest absolute Gasteiger partial charge is 0.464 e. The molecular weight excluding hydrogens is 204 g/mol. The second-order valence-corrected chi connectivity index (χ2v) is 3.74. The smallest absolute Gasteiger partial charge is 0.217 e. The zero-order valence-corrected chi connectivity index (χ0v) is 8.76. The van der Waals surface area contributed by atoms with Crippen molar-refractivity contribution in [3.05, 3.63) is 59.5 Å². The molecule has 1 aromatic carbocycles. The Kier molecular flexibility index (Phi) is 2.48. The lowest BCUT2D eigenvalue weighted by molar-refractivity contribution is -0.163. The quantitative estimate of drug-likeness (QED) is 0.734. The Labute approximate surface area is 93.6 Å². The summed E-state index contributed by atoms with van der Waals surface area (Å²) in [5.41, 5.74) is 2.35. The van der Waals surface area contributed by atoms with Gasteiger partial charge in [0.1, 0.15) is 0 Å². The van der Waals surface area contributed by atoms with E-state index < -0.39 is 6.29 Å². The van der Waals surface area contributed by atoms with Crippen LogP contribution < -0.4 is 0 Å². The van der Waals surface area contributed by atoms with E-state index in [1.807, 2.05) is 24.3 Å². The van der Waals surface area contributed by atoms with E-state index in [1.54, 1.807) is 6.26 Å². The maximum atomic E-state index is 5.66. The van der Waals surface area contributed by atoms with Gasteiger partial charge in [0.15, 0.2) is 5.76 Å². The summed E-state index contributed by atoms with van der Waals surface area (Å²) >= 11 is 0. The highest BCUT2D eigenvalue weighted by molar-refractivity contribution is 5.26. The SMILES string of the molecule is c1coc(C2OCc3ccccc3CO2)c1. The highest BCUT2D eigenvalue weighted by Crippen LogP contribution is 2.27. The lowest BCUT2D eigenvalue weighted by atomic mass is 10.1. The van der Waals surface area contributed by atoms with Gasteiger partial charge in [0.25, 0.3) is 0 Å². The number of ether oxygens (including phenoxy) is 2. The van der Waals surface area contributed by atoms with Crippen LogP contribution in [0, 0.1) is 0 Å². The first kappa shape index (κ1) is 9.63. The molecule has 0 aliphatic carbocycles. The van der Waals surface area contributed by atoms with Gasteiger partial charge in [-0.1, -0.05) is 24.3 Å². The fourth-order valence-electron chi connectivity index (χ4n) is 1.81. The Morgan fingerprint density at radius 2 is 1.56 bits per heavy atom. The number of hydrogen-bond donors (Lipinski definition) is 0. The van der Waals surface area contributed by atoms with E-state index in [0.717, 1.165) is 0 Å². The van der Waals surface area contributed by atoms with Gasteiger partial charge < -0.3 is 13.9 Å². The maximum Gasteiger partial charge on any atom is 0.217 e. The summed E-state index contributed by atoms with van der Waals surface area (Å²) < 4.78 is 16.6. The molecule has 16 heavy (non-hydrogen) atoms. The molecular formula is C13H12O3. The zero-order valence-electron chi connectivity index (χ0n) is 8.76. The molecule has 2 heterocycles. The predicted octanol–water partition coefficient (Wildman–Crippen LogP) is 3.03. The summed E-state index contributed by atoms with van der Waals surface area (Å²) in [6, 6.07) is 11.8. The van der Waals surface area contributed by atoms with Crippen LogP contribution in [-0.4, -0.2) is 0 Å². The summed E-state index contributed by atoms with van der Waals surface area (Å²) in [6.45, 7) is 1.11. The normalized spacial score (nSPS) is 16.8. The van der Waals surface area contributed by atoms with Gasteiger partial charge in [0.05, 0.1) is 19.5 Å². The van der Waals surface area contributed by atoms with E-state index in [1.165, 1.54) is 11.1 Å². The highest BCUT2D eigenvalue weighted by Gasteiger charge is 2.20. The third-order valence-electron chi connectivity index (χ3n) is 2.67. The van der Waals surface area contributed by atoms with E-state index >= 15 is 0 Å². The second-order valence-electron chi connectivity index (χ2n) is 3.74. The number of fused-ring (bicyclic) bond motifs is 1. The van der Waals surface area contributed by atoms with Gasteiger partial charge in [-0.2, -0.15) is 0 Å². The van der Waals surface area contributed by atoms with E-state index in [-0.39, 0.29) is 0 Å². The van der Waals surface area contributed by atoms with Gasteiger partial charge in [-0.25, -0.2) is 0 Å².